The van der Waals surface area contributed by atoms with E-state index in [1.165, 1.54) is 0 Å². The van der Waals surface area contributed by atoms with Gasteiger partial charge in [-0.3, -0.25) is 9.48 Å². The number of carbonyl (C=O) groups is 1. The molecule has 5 aromatic rings. The van der Waals surface area contributed by atoms with Crippen LogP contribution in [0, 0.1) is 18.8 Å². The van der Waals surface area contributed by atoms with E-state index in [-0.39, 0.29) is 17.9 Å². The van der Waals surface area contributed by atoms with Gasteiger partial charge in [0.2, 0.25) is 0 Å². The quantitative estimate of drug-likeness (QED) is 0.381. The van der Waals surface area contributed by atoms with Gasteiger partial charge in [-0.25, -0.2) is 9.67 Å². The first-order valence-corrected chi connectivity index (χ1v) is 12.8. The summed E-state index contributed by atoms with van der Waals surface area (Å²) in [5.41, 5.74) is 6.04. The molecule has 5 heterocycles. The molecule has 0 radical (unpaired) electrons. The number of para-hydroxylation sites is 1. The molecular formula is C29H28N6O2. The lowest BCUT2D eigenvalue weighted by Gasteiger charge is -2.48. The molecule has 1 saturated carbocycles. The van der Waals surface area contributed by atoms with E-state index in [2.05, 4.69) is 53.3 Å². The zero-order chi connectivity index (χ0) is 25.3. The van der Waals surface area contributed by atoms with Gasteiger partial charge in [0, 0.05) is 42.2 Å². The second-order valence-electron chi connectivity index (χ2n) is 10.5. The SMILES string of the molecule is Cc1cccc2c(-c3cccc4nn(C)cc34)nn(-c3ccc(N4C[C@@H]5CC[C@@H]4C[C@@H]5C(=O)O)nc3)c12. The van der Waals surface area contributed by atoms with Crippen LogP contribution in [-0.2, 0) is 11.8 Å². The van der Waals surface area contributed by atoms with Gasteiger partial charge < -0.3 is 10.0 Å². The highest BCUT2D eigenvalue weighted by Gasteiger charge is 2.44. The maximum absolute atomic E-state index is 11.7. The van der Waals surface area contributed by atoms with Crippen LogP contribution in [0.1, 0.15) is 24.8 Å². The van der Waals surface area contributed by atoms with E-state index in [4.69, 9.17) is 10.1 Å². The molecule has 2 aliphatic heterocycles. The fourth-order valence-electron chi connectivity index (χ4n) is 6.46. The number of anilines is 1. The molecule has 3 aliphatic rings. The summed E-state index contributed by atoms with van der Waals surface area (Å²) in [5, 5.41) is 21.5. The minimum absolute atomic E-state index is 0.194. The highest BCUT2D eigenvalue weighted by molar-refractivity contribution is 6.03. The number of fused-ring (bicyclic) bond motifs is 5. The number of rotatable bonds is 4. The van der Waals surface area contributed by atoms with Crippen molar-refractivity contribution < 1.29 is 9.90 Å². The summed E-state index contributed by atoms with van der Waals surface area (Å²) in [4.78, 5) is 18.8. The molecule has 8 nitrogen and oxygen atoms in total. The van der Waals surface area contributed by atoms with E-state index in [9.17, 15) is 9.90 Å². The first kappa shape index (κ1) is 22.0. The second-order valence-corrected chi connectivity index (χ2v) is 10.5. The van der Waals surface area contributed by atoms with Gasteiger partial charge in [0.15, 0.2) is 0 Å². The second kappa shape index (κ2) is 8.16. The highest BCUT2D eigenvalue weighted by atomic mass is 16.4. The van der Waals surface area contributed by atoms with Crippen molar-refractivity contribution in [3.05, 3.63) is 66.5 Å². The Morgan fingerprint density at radius 3 is 2.65 bits per heavy atom. The molecule has 0 unspecified atom stereocenters. The van der Waals surface area contributed by atoms with Crippen LogP contribution in [0.5, 0.6) is 0 Å². The number of carboxylic acid groups (broad SMARTS) is 1. The summed E-state index contributed by atoms with van der Waals surface area (Å²) in [6.07, 6.45) is 6.66. The molecule has 2 saturated heterocycles. The van der Waals surface area contributed by atoms with Gasteiger partial charge in [0.05, 0.1) is 28.8 Å². The predicted octanol–water partition coefficient (Wildman–Crippen LogP) is 4.97. The van der Waals surface area contributed by atoms with Crippen molar-refractivity contribution in [1.29, 1.82) is 0 Å². The molecule has 3 fully saturated rings. The van der Waals surface area contributed by atoms with Gasteiger partial charge in [-0.1, -0.05) is 30.3 Å². The van der Waals surface area contributed by atoms with Crippen molar-refractivity contribution in [2.75, 3.05) is 11.4 Å². The lowest BCUT2D eigenvalue weighted by molar-refractivity contribution is -0.146. The number of aromatic nitrogens is 5. The summed E-state index contributed by atoms with van der Waals surface area (Å²) < 4.78 is 3.84. The van der Waals surface area contributed by atoms with E-state index in [1.54, 1.807) is 0 Å². The number of hydrogen-bond donors (Lipinski definition) is 1. The Kier molecular flexibility index (Phi) is 4.86. The third-order valence-corrected chi connectivity index (χ3v) is 8.25. The molecule has 1 aliphatic carbocycles. The number of carboxylic acids is 1. The van der Waals surface area contributed by atoms with E-state index in [0.29, 0.717) is 6.42 Å². The van der Waals surface area contributed by atoms with E-state index in [1.807, 2.05) is 40.9 Å². The van der Waals surface area contributed by atoms with Crippen LogP contribution >= 0.6 is 0 Å². The van der Waals surface area contributed by atoms with Crippen LogP contribution in [-0.4, -0.2) is 48.2 Å². The van der Waals surface area contributed by atoms with Gasteiger partial charge in [0.25, 0.3) is 0 Å². The molecule has 2 bridgehead atoms. The number of piperidine rings is 2. The first-order valence-electron chi connectivity index (χ1n) is 12.8. The van der Waals surface area contributed by atoms with Crippen LogP contribution in [0.3, 0.4) is 0 Å². The monoisotopic (exact) mass is 492 g/mol. The minimum atomic E-state index is -0.656. The summed E-state index contributed by atoms with van der Waals surface area (Å²) in [6, 6.07) is 16.8. The zero-order valence-corrected chi connectivity index (χ0v) is 20.9. The number of pyridine rings is 1. The van der Waals surface area contributed by atoms with Crippen LogP contribution in [0.25, 0.3) is 38.8 Å². The number of benzene rings is 2. The van der Waals surface area contributed by atoms with Gasteiger partial charge >= 0.3 is 5.97 Å². The molecule has 0 amide bonds. The van der Waals surface area contributed by atoms with E-state index < -0.39 is 5.97 Å². The largest absolute Gasteiger partial charge is 0.481 e. The predicted molar refractivity (Wildman–Crippen MR) is 143 cm³/mol. The molecule has 3 atom stereocenters. The fourth-order valence-corrected chi connectivity index (χ4v) is 6.46. The summed E-state index contributed by atoms with van der Waals surface area (Å²) in [7, 11) is 1.94. The Bertz CT molecular complexity index is 1670. The Hall–Kier alpha value is -4.20. The summed E-state index contributed by atoms with van der Waals surface area (Å²) in [5.74, 6) is 0.224. The molecule has 8 rings (SSSR count). The maximum Gasteiger partial charge on any atom is 0.306 e. The topological polar surface area (TPSA) is 89.1 Å². The Balaban J connectivity index is 1.29. The van der Waals surface area contributed by atoms with Crippen LogP contribution < -0.4 is 4.90 Å². The van der Waals surface area contributed by atoms with Crippen molar-refractivity contribution in [2.45, 2.75) is 32.2 Å². The Labute approximate surface area is 214 Å². The van der Waals surface area contributed by atoms with Gasteiger partial charge in [-0.2, -0.15) is 10.2 Å². The van der Waals surface area contributed by atoms with Crippen molar-refractivity contribution in [3.63, 3.8) is 0 Å². The van der Waals surface area contributed by atoms with Crippen molar-refractivity contribution >= 4 is 33.6 Å². The molecule has 8 heteroatoms. The highest BCUT2D eigenvalue weighted by Crippen LogP contribution is 2.41. The molecule has 37 heavy (non-hydrogen) atoms. The molecule has 2 aromatic carbocycles. The van der Waals surface area contributed by atoms with Crippen LogP contribution in [0.2, 0.25) is 0 Å². The van der Waals surface area contributed by atoms with Gasteiger partial charge in [-0.15, -0.1) is 0 Å². The smallest absolute Gasteiger partial charge is 0.306 e. The number of aliphatic carboxylic acids is 1. The zero-order valence-electron chi connectivity index (χ0n) is 20.9. The Morgan fingerprint density at radius 2 is 1.89 bits per heavy atom. The van der Waals surface area contributed by atoms with Crippen LogP contribution in [0.15, 0.2) is 60.9 Å². The Morgan fingerprint density at radius 1 is 1.03 bits per heavy atom. The number of nitrogens with zero attached hydrogens (tertiary/aromatic N) is 6. The molecule has 3 aromatic heterocycles. The standard InChI is InChI=1S/C29H28N6O2/c1-17-5-3-7-22-27(21-6-4-8-25-24(21)16-33(2)31-25)32-35(28(17)22)20-11-12-26(30-14-20)34-15-18-9-10-19(34)13-23(18)29(36)37/h3-8,11-12,14,16,18-19,23H,9-10,13,15H2,1-2H3,(H,36,37)/t18-,19+,23-/m0/s1. The summed E-state index contributed by atoms with van der Waals surface area (Å²) >= 11 is 0. The fraction of sp³-hybridized carbons (Fsp3) is 0.310. The number of hydrogen-bond acceptors (Lipinski definition) is 5. The summed E-state index contributed by atoms with van der Waals surface area (Å²) in [6.45, 7) is 2.87. The van der Waals surface area contributed by atoms with E-state index in [0.717, 1.165) is 69.5 Å². The lowest BCUT2D eigenvalue weighted by Crippen LogP contribution is -2.54. The molecule has 0 spiro atoms. The van der Waals surface area contributed by atoms with Crippen molar-refractivity contribution in [2.24, 2.45) is 18.9 Å². The average Bonchev–Trinajstić information content (AvgIpc) is 3.50. The third kappa shape index (κ3) is 3.43. The molecule has 1 N–H and O–H groups in total. The van der Waals surface area contributed by atoms with E-state index >= 15 is 0 Å². The maximum atomic E-state index is 11.7. The van der Waals surface area contributed by atoms with Crippen molar-refractivity contribution in [1.82, 2.24) is 24.5 Å². The molecular weight excluding hydrogens is 464 g/mol. The lowest BCUT2D eigenvalue weighted by atomic mass is 9.72. The average molecular weight is 493 g/mol. The normalized spacial score (nSPS) is 21.2. The first-order chi connectivity index (χ1) is 18.0. The van der Waals surface area contributed by atoms with Crippen LogP contribution in [0.4, 0.5) is 5.82 Å². The third-order valence-electron chi connectivity index (χ3n) is 8.25. The number of aryl methyl sites for hydroxylation is 2. The minimum Gasteiger partial charge on any atom is -0.481 e. The van der Waals surface area contributed by atoms with Gasteiger partial charge in [-0.05, 0) is 55.9 Å². The van der Waals surface area contributed by atoms with Crippen molar-refractivity contribution in [3.8, 4) is 16.9 Å². The molecule has 186 valence electrons. The van der Waals surface area contributed by atoms with Gasteiger partial charge in [0.1, 0.15) is 11.5 Å².